The quantitative estimate of drug-likeness (QED) is 0.307. The number of fused-ring (bicyclic) bond motifs is 2. The minimum Gasteiger partial charge on any atom is -0.397 e. The van der Waals surface area contributed by atoms with Crippen LogP contribution in [-0.4, -0.2) is 24.5 Å². The number of benzene rings is 2. The molecule has 0 radical (unpaired) electrons. The van der Waals surface area contributed by atoms with Crippen molar-refractivity contribution in [1.29, 1.82) is 0 Å². The van der Waals surface area contributed by atoms with Crippen LogP contribution in [0, 0.1) is 0 Å². The van der Waals surface area contributed by atoms with Crippen LogP contribution in [0.1, 0.15) is 31.8 Å². The zero-order valence-electron chi connectivity index (χ0n) is 11.8. The fourth-order valence-corrected chi connectivity index (χ4v) is 3.87. The molecule has 0 unspecified atom stereocenters. The molecule has 0 spiro atoms. The molecule has 0 amide bonds. The van der Waals surface area contributed by atoms with Crippen molar-refractivity contribution in [1.82, 2.24) is 0 Å². The van der Waals surface area contributed by atoms with Crippen LogP contribution in [0.2, 0.25) is 0 Å². The molecule has 0 aliphatic heterocycles. The summed E-state index contributed by atoms with van der Waals surface area (Å²) in [6.45, 7) is 0. The summed E-state index contributed by atoms with van der Waals surface area (Å²) in [6.07, 6.45) is 0. The number of nitrogen functional groups attached to an aromatic ring is 1. The Labute approximate surface area is 162 Å². The molecule has 23 heavy (non-hydrogen) atoms. The van der Waals surface area contributed by atoms with Gasteiger partial charge in [0.15, 0.2) is 11.6 Å². The third-order valence-corrected chi connectivity index (χ3v) is 4.95. The van der Waals surface area contributed by atoms with Gasteiger partial charge in [-0.2, -0.15) is 8.42 Å². The Morgan fingerprint density at radius 3 is 1.96 bits per heavy atom. The number of carbonyl (C=O) groups is 2. The molecule has 3 N–H and O–H groups in total. The van der Waals surface area contributed by atoms with Gasteiger partial charge in [0.1, 0.15) is 4.90 Å². The summed E-state index contributed by atoms with van der Waals surface area (Å²) in [6, 6.07) is 7.21. The second-order valence-electron chi connectivity index (χ2n) is 4.70. The Morgan fingerprint density at radius 1 is 1.00 bits per heavy atom. The number of halogens is 1. The van der Waals surface area contributed by atoms with E-state index in [-0.39, 0.29) is 56.3 Å². The van der Waals surface area contributed by atoms with Gasteiger partial charge in [-0.1, -0.05) is 24.3 Å². The predicted octanol–water partition coefficient (Wildman–Crippen LogP) is -0.943. The first-order chi connectivity index (χ1) is 10.2. The first-order valence-electron chi connectivity index (χ1n) is 6.01. The van der Waals surface area contributed by atoms with Gasteiger partial charge in [-0.05, 0) is 22.0 Å². The van der Waals surface area contributed by atoms with Gasteiger partial charge in [0.05, 0.1) is 16.8 Å². The molecule has 0 bridgehead atoms. The van der Waals surface area contributed by atoms with Crippen LogP contribution in [0.4, 0.5) is 5.69 Å². The van der Waals surface area contributed by atoms with Crippen molar-refractivity contribution in [2.45, 2.75) is 4.90 Å². The Balaban J connectivity index is 0.00000192. The SMILES string of the molecule is Nc1c(S(=O)(=O)O)cc(Br)c2c1C(=O)c1ccccc1C2=O.[Na+]. The molecule has 2 aromatic rings. The van der Waals surface area contributed by atoms with Crippen LogP contribution in [0.25, 0.3) is 0 Å². The maximum atomic E-state index is 12.6. The number of hydrogen-bond donors (Lipinski definition) is 2. The Hall–Kier alpha value is -1.03. The molecular weight excluding hydrogens is 397 g/mol. The Kier molecular flexibility index (Phi) is 4.87. The van der Waals surface area contributed by atoms with Gasteiger partial charge in [0.25, 0.3) is 10.1 Å². The zero-order chi connectivity index (χ0) is 16.2. The number of carbonyl (C=O) groups excluding carboxylic acids is 2. The first-order valence-corrected chi connectivity index (χ1v) is 8.24. The van der Waals surface area contributed by atoms with E-state index in [4.69, 9.17) is 5.73 Å². The molecule has 0 heterocycles. The monoisotopic (exact) mass is 404 g/mol. The second kappa shape index (κ2) is 6.12. The van der Waals surface area contributed by atoms with E-state index < -0.39 is 32.3 Å². The van der Waals surface area contributed by atoms with Crippen LogP contribution in [0.5, 0.6) is 0 Å². The van der Waals surface area contributed by atoms with Gasteiger partial charge in [-0.25, -0.2) is 0 Å². The molecule has 2 aromatic carbocycles. The molecule has 3 rings (SSSR count). The zero-order valence-corrected chi connectivity index (χ0v) is 16.2. The molecule has 0 fully saturated rings. The van der Waals surface area contributed by atoms with E-state index in [0.29, 0.717) is 0 Å². The van der Waals surface area contributed by atoms with E-state index in [0.717, 1.165) is 6.07 Å². The van der Waals surface area contributed by atoms with E-state index in [1.165, 1.54) is 12.1 Å². The molecule has 6 nitrogen and oxygen atoms in total. The second-order valence-corrected chi connectivity index (χ2v) is 6.94. The largest absolute Gasteiger partial charge is 1.00 e. The standard InChI is InChI=1S/C14H8BrNO5S.Na/c15-8-5-9(22(19,20)21)12(16)11-10(8)13(17)6-3-1-2-4-7(6)14(11)18;/h1-5H,16H2,(H,19,20,21);/q;+1. The van der Waals surface area contributed by atoms with Crippen molar-refractivity contribution in [3.05, 3.63) is 57.1 Å². The molecule has 112 valence electrons. The number of rotatable bonds is 1. The third kappa shape index (κ3) is 2.79. The average molecular weight is 405 g/mol. The summed E-state index contributed by atoms with van der Waals surface area (Å²) in [5.41, 5.74) is 5.44. The summed E-state index contributed by atoms with van der Waals surface area (Å²) in [5, 5.41) is 0. The maximum Gasteiger partial charge on any atom is 1.00 e. The van der Waals surface area contributed by atoms with Gasteiger partial charge >= 0.3 is 29.6 Å². The van der Waals surface area contributed by atoms with E-state index in [1.807, 2.05) is 0 Å². The minimum absolute atomic E-state index is 0. The molecule has 0 atom stereocenters. The van der Waals surface area contributed by atoms with Crippen LogP contribution in [0.15, 0.2) is 39.7 Å². The Bertz CT molecular complexity index is 971. The van der Waals surface area contributed by atoms with Crippen LogP contribution < -0.4 is 35.3 Å². The van der Waals surface area contributed by atoms with Crippen molar-refractivity contribution in [2.24, 2.45) is 0 Å². The predicted molar refractivity (Wildman–Crippen MR) is 81.7 cm³/mol. The fraction of sp³-hybridized carbons (Fsp3) is 0. The van der Waals surface area contributed by atoms with Crippen molar-refractivity contribution >= 4 is 43.3 Å². The smallest absolute Gasteiger partial charge is 0.397 e. The number of hydrogen-bond acceptors (Lipinski definition) is 5. The molecule has 1 aliphatic rings. The van der Waals surface area contributed by atoms with Crippen molar-refractivity contribution in [3.8, 4) is 0 Å². The summed E-state index contributed by atoms with van der Waals surface area (Å²) in [5.74, 6) is -1.00. The van der Waals surface area contributed by atoms with Gasteiger partial charge < -0.3 is 5.73 Å². The molecule has 0 saturated carbocycles. The summed E-state index contributed by atoms with van der Waals surface area (Å²) < 4.78 is 32.1. The van der Waals surface area contributed by atoms with Crippen LogP contribution >= 0.6 is 15.9 Å². The van der Waals surface area contributed by atoms with Crippen molar-refractivity contribution in [2.75, 3.05) is 5.73 Å². The van der Waals surface area contributed by atoms with E-state index in [9.17, 15) is 22.6 Å². The molecule has 0 aromatic heterocycles. The summed E-state index contributed by atoms with van der Waals surface area (Å²) in [7, 11) is -4.63. The molecule has 1 aliphatic carbocycles. The number of ketones is 2. The third-order valence-electron chi connectivity index (χ3n) is 3.43. The van der Waals surface area contributed by atoms with E-state index in [1.54, 1.807) is 12.1 Å². The van der Waals surface area contributed by atoms with Gasteiger partial charge in [0, 0.05) is 15.6 Å². The fourth-order valence-electron chi connectivity index (χ4n) is 2.46. The van der Waals surface area contributed by atoms with Crippen LogP contribution in [-0.2, 0) is 10.1 Å². The van der Waals surface area contributed by atoms with E-state index >= 15 is 0 Å². The minimum atomic E-state index is -4.63. The topological polar surface area (TPSA) is 115 Å². The molecule has 0 saturated heterocycles. The van der Waals surface area contributed by atoms with E-state index in [2.05, 4.69) is 15.9 Å². The van der Waals surface area contributed by atoms with Crippen molar-refractivity contribution < 1.29 is 52.1 Å². The van der Waals surface area contributed by atoms with Gasteiger partial charge in [0.2, 0.25) is 0 Å². The number of anilines is 1. The summed E-state index contributed by atoms with van der Waals surface area (Å²) >= 11 is 3.08. The average Bonchev–Trinajstić information content (AvgIpc) is 2.45. The van der Waals surface area contributed by atoms with Gasteiger partial charge in [-0.15, -0.1) is 0 Å². The molecule has 9 heteroatoms. The maximum absolute atomic E-state index is 12.6. The van der Waals surface area contributed by atoms with Gasteiger partial charge in [-0.3, -0.25) is 14.1 Å². The van der Waals surface area contributed by atoms with Crippen molar-refractivity contribution in [3.63, 3.8) is 0 Å². The normalized spacial score (nSPS) is 13.1. The molecular formula is C14H8BrNNaO5S+. The number of nitrogens with two attached hydrogens (primary N) is 1. The summed E-state index contributed by atoms with van der Waals surface area (Å²) in [4.78, 5) is 24.5. The Morgan fingerprint density at radius 2 is 1.48 bits per heavy atom. The van der Waals surface area contributed by atoms with Crippen LogP contribution in [0.3, 0.4) is 0 Å². The first kappa shape index (κ1) is 18.3.